The van der Waals surface area contributed by atoms with Crippen LogP contribution in [0, 0.1) is 0 Å². The highest BCUT2D eigenvalue weighted by Crippen LogP contribution is 2.31. The predicted molar refractivity (Wildman–Crippen MR) is 126 cm³/mol. The summed E-state index contributed by atoms with van der Waals surface area (Å²) in [4.78, 5) is 31.6. The quantitative estimate of drug-likeness (QED) is 0.529. The SMILES string of the molecule is COCCNC(=O)c1ccc(-c2nn3cc(C4CCN(C(=O)OC(C)C)CC4)nc3s2)cc1. The molecule has 176 valence electrons. The van der Waals surface area contributed by atoms with E-state index in [0.29, 0.717) is 37.7 Å². The summed E-state index contributed by atoms with van der Waals surface area (Å²) in [6, 6.07) is 7.39. The molecule has 1 saturated heterocycles. The number of ether oxygens (including phenoxy) is 2. The predicted octanol–water partition coefficient (Wildman–Crippen LogP) is 3.56. The number of carbonyl (C=O) groups is 2. The Morgan fingerprint density at radius 3 is 2.58 bits per heavy atom. The third-order valence-corrected chi connectivity index (χ3v) is 6.53. The van der Waals surface area contributed by atoms with Gasteiger partial charge in [-0.05, 0) is 38.8 Å². The molecule has 1 aliphatic heterocycles. The lowest BCUT2D eigenvalue weighted by atomic mass is 9.94. The monoisotopic (exact) mass is 471 g/mol. The lowest BCUT2D eigenvalue weighted by molar-refractivity contribution is 0.0690. The van der Waals surface area contributed by atoms with Crippen LogP contribution >= 0.6 is 11.3 Å². The molecule has 3 aromatic rings. The number of rotatable bonds is 7. The van der Waals surface area contributed by atoms with Crippen LogP contribution in [-0.2, 0) is 9.47 Å². The van der Waals surface area contributed by atoms with E-state index in [1.165, 1.54) is 11.3 Å². The zero-order valence-electron chi connectivity index (χ0n) is 19.1. The smallest absolute Gasteiger partial charge is 0.410 e. The minimum absolute atomic E-state index is 0.107. The Kier molecular flexibility index (Phi) is 7.24. The number of imidazole rings is 1. The number of nitrogens with one attached hydrogen (secondary N) is 1. The van der Waals surface area contributed by atoms with Crippen LogP contribution in [0.3, 0.4) is 0 Å². The number of aromatic nitrogens is 3. The minimum atomic E-state index is -0.237. The number of piperidine rings is 1. The molecule has 33 heavy (non-hydrogen) atoms. The number of carbonyl (C=O) groups excluding carboxylic acids is 2. The topological polar surface area (TPSA) is 98.1 Å². The molecular formula is C23H29N5O4S. The number of methoxy groups -OCH3 is 1. The van der Waals surface area contributed by atoms with E-state index in [4.69, 9.17) is 14.5 Å². The molecule has 1 N–H and O–H groups in total. The van der Waals surface area contributed by atoms with Crippen molar-refractivity contribution in [3.63, 3.8) is 0 Å². The Bertz CT molecular complexity index is 1070. The third-order valence-electron chi connectivity index (χ3n) is 5.56. The number of hydrogen-bond donors (Lipinski definition) is 1. The molecule has 1 aliphatic rings. The van der Waals surface area contributed by atoms with Gasteiger partial charge in [0.1, 0.15) is 5.01 Å². The summed E-state index contributed by atoms with van der Waals surface area (Å²) in [6.45, 7) is 6.02. The van der Waals surface area contributed by atoms with Gasteiger partial charge in [0.05, 0.1) is 24.6 Å². The zero-order chi connectivity index (χ0) is 23.4. The molecule has 0 aliphatic carbocycles. The molecule has 1 aromatic carbocycles. The number of hydrogen-bond acceptors (Lipinski definition) is 7. The summed E-state index contributed by atoms with van der Waals surface area (Å²) < 4.78 is 12.1. The maximum atomic E-state index is 12.1. The molecule has 3 heterocycles. The van der Waals surface area contributed by atoms with Crippen molar-refractivity contribution in [3.05, 3.63) is 41.7 Å². The fourth-order valence-electron chi connectivity index (χ4n) is 3.80. The number of fused-ring (bicyclic) bond motifs is 1. The Balaban J connectivity index is 1.38. The highest BCUT2D eigenvalue weighted by molar-refractivity contribution is 7.19. The third kappa shape index (κ3) is 5.51. The molecule has 0 bridgehead atoms. The Morgan fingerprint density at radius 1 is 1.21 bits per heavy atom. The van der Waals surface area contributed by atoms with E-state index in [2.05, 4.69) is 10.4 Å². The van der Waals surface area contributed by atoms with Gasteiger partial charge < -0.3 is 19.7 Å². The Morgan fingerprint density at radius 2 is 1.94 bits per heavy atom. The molecule has 0 atom stereocenters. The number of benzene rings is 1. The van der Waals surface area contributed by atoms with Crippen molar-refractivity contribution < 1.29 is 19.1 Å². The van der Waals surface area contributed by atoms with Crippen molar-refractivity contribution >= 4 is 28.3 Å². The van der Waals surface area contributed by atoms with E-state index in [1.807, 2.05) is 36.7 Å². The molecule has 1 fully saturated rings. The van der Waals surface area contributed by atoms with E-state index in [9.17, 15) is 9.59 Å². The van der Waals surface area contributed by atoms with Gasteiger partial charge in [0.2, 0.25) is 4.96 Å². The molecule has 0 unspecified atom stereocenters. The van der Waals surface area contributed by atoms with Crippen LogP contribution in [0.4, 0.5) is 4.79 Å². The van der Waals surface area contributed by atoms with Gasteiger partial charge in [0, 0.05) is 43.8 Å². The van der Waals surface area contributed by atoms with Gasteiger partial charge in [-0.25, -0.2) is 14.3 Å². The second kappa shape index (κ2) is 10.3. The van der Waals surface area contributed by atoms with Gasteiger partial charge in [-0.3, -0.25) is 4.79 Å². The summed E-state index contributed by atoms with van der Waals surface area (Å²) in [6.07, 6.45) is 3.36. The molecule has 0 saturated carbocycles. The average molecular weight is 472 g/mol. The first-order valence-corrected chi connectivity index (χ1v) is 12.0. The summed E-state index contributed by atoms with van der Waals surface area (Å²) in [5.41, 5.74) is 2.56. The van der Waals surface area contributed by atoms with Gasteiger partial charge in [0.15, 0.2) is 0 Å². The molecule has 10 heteroatoms. The standard InChI is InChI=1S/C23H29N5O4S/c1-15(2)32-23(30)27-11-8-16(9-12-27)19-14-28-22(25-19)33-21(26-28)18-6-4-17(5-7-18)20(29)24-10-13-31-3/h4-7,14-16H,8-13H2,1-3H3,(H,24,29). The molecule has 2 aromatic heterocycles. The van der Waals surface area contributed by atoms with E-state index >= 15 is 0 Å². The number of nitrogens with zero attached hydrogens (tertiary/aromatic N) is 4. The first kappa shape index (κ1) is 23.2. The van der Waals surface area contributed by atoms with E-state index in [-0.39, 0.29) is 18.1 Å². The van der Waals surface area contributed by atoms with Crippen molar-refractivity contribution in [1.29, 1.82) is 0 Å². The Labute approximate surface area is 196 Å². The summed E-state index contributed by atoms with van der Waals surface area (Å²) in [7, 11) is 1.60. The van der Waals surface area contributed by atoms with E-state index in [1.54, 1.807) is 24.1 Å². The van der Waals surface area contributed by atoms with Crippen molar-refractivity contribution in [2.45, 2.75) is 38.7 Å². The van der Waals surface area contributed by atoms with Crippen LogP contribution in [0.15, 0.2) is 30.5 Å². The highest BCUT2D eigenvalue weighted by atomic mass is 32.1. The van der Waals surface area contributed by atoms with Crippen LogP contribution < -0.4 is 5.32 Å². The second-order valence-electron chi connectivity index (χ2n) is 8.32. The van der Waals surface area contributed by atoms with E-state index < -0.39 is 0 Å². The largest absolute Gasteiger partial charge is 0.447 e. The summed E-state index contributed by atoms with van der Waals surface area (Å²) in [5.74, 6) is 0.182. The van der Waals surface area contributed by atoms with Gasteiger partial charge in [-0.15, -0.1) is 0 Å². The fraction of sp³-hybridized carbons (Fsp3) is 0.478. The van der Waals surface area contributed by atoms with Crippen LogP contribution in [0.2, 0.25) is 0 Å². The van der Waals surface area contributed by atoms with Gasteiger partial charge in [0.25, 0.3) is 5.91 Å². The molecule has 4 rings (SSSR count). The lowest BCUT2D eigenvalue weighted by Crippen LogP contribution is -2.39. The first-order valence-electron chi connectivity index (χ1n) is 11.1. The van der Waals surface area contributed by atoms with Crippen LogP contribution in [0.5, 0.6) is 0 Å². The molecule has 2 amide bonds. The van der Waals surface area contributed by atoms with Gasteiger partial charge in [-0.1, -0.05) is 23.5 Å². The van der Waals surface area contributed by atoms with E-state index in [0.717, 1.165) is 34.1 Å². The zero-order valence-corrected chi connectivity index (χ0v) is 19.9. The maximum Gasteiger partial charge on any atom is 0.410 e. The van der Waals surface area contributed by atoms with Crippen molar-refractivity contribution in [2.75, 3.05) is 33.4 Å². The van der Waals surface area contributed by atoms with Gasteiger partial charge in [-0.2, -0.15) is 5.10 Å². The van der Waals surface area contributed by atoms with Crippen molar-refractivity contribution in [2.24, 2.45) is 0 Å². The molecular weight excluding hydrogens is 442 g/mol. The lowest BCUT2D eigenvalue weighted by Gasteiger charge is -2.31. The molecule has 9 nitrogen and oxygen atoms in total. The van der Waals surface area contributed by atoms with Crippen LogP contribution in [0.25, 0.3) is 15.5 Å². The molecule has 0 spiro atoms. The normalized spacial score (nSPS) is 14.7. The summed E-state index contributed by atoms with van der Waals surface area (Å²) in [5, 5.41) is 8.34. The first-order chi connectivity index (χ1) is 15.9. The number of likely N-dealkylation sites (tertiary alicyclic amines) is 1. The second-order valence-corrected chi connectivity index (χ2v) is 9.28. The van der Waals surface area contributed by atoms with Crippen molar-refractivity contribution in [1.82, 2.24) is 24.8 Å². The Hall–Kier alpha value is -2.98. The fourth-order valence-corrected chi connectivity index (χ4v) is 4.69. The summed E-state index contributed by atoms with van der Waals surface area (Å²) >= 11 is 1.52. The van der Waals surface area contributed by atoms with Crippen LogP contribution in [0.1, 0.15) is 48.7 Å². The van der Waals surface area contributed by atoms with Crippen LogP contribution in [-0.4, -0.2) is 71.0 Å². The minimum Gasteiger partial charge on any atom is -0.447 e. The molecule has 0 radical (unpaired) electrons. The highest BCUT2D eigenvalue weighted by Gasteiger charge is 2.27. The average Bonchev–Trinajstić information content (AvgIpc) is 3.38. The maximum absolute atomic E-state index is 12.1. The van der Waals surface area contributed by atoms with Gasteiger partial charge >= 0.3 is 6.09 Å². The van der Waals surface area contributed by atoms with Crippen molar-refractivity contribution in [3.8, 4) is 10.6 Å². The number of amides is 2.